The molecule has 4 nitrogen and oxygen atoms in total. The van der Waals surface area contributed by atoms with Crippen LogP contribution >= 0.6 is 11.6 Å². The Balaban J connectivity index is 1.54. The van der Waals surface area contributed by atoms with Crippen LogP contribution in [0.4, 0.5) is 5.69 Å². The molecule has 0 aliphatic heterocycles. The molecule has 3 rings (SSSR count). The highest BCUT2D eigenvalue weighted by atomic mass is 35.5. The van der Waals surface area contributed by atoms with Crippen LogP contribution in [0.5, 0.6) is 0 Å². The van der Waals surface area contributed by atoms with E-state index in [1.165, 1.54) is 5.56 Å². The van der Waals surface area contributed by atoms with Crippen molar-refractivity contribution in [3.05, 3.63) is 94.8 Å². The van der Waals surface area contributed by atoms with Crippen molar-refractivity contribution >= 4 is 23.2 Å². The lowest BCUT2D eigenvalue weighted by Gasteiger charge is -2.09. The third-order valence-corrected chi connectivity index (χ3v) is 4.34. The monoisotopic (exact) mass is 365 g/mol. The summed E-state index contributed by atoms with van der Waals surface area (Å²) in [4.78, 5) is 16.5. The summed E-state index contributed by atoms with van der Waals surface area (Å²) >= 11 is 6.11. The number of carbonyl (C=O) groups is 1. The summed E-state index contributed by atoms with van der Waals surface area (Å²) in [6, 6.07) is 21.3. The lowest BCUT2D eigenvalue weighted by molar-refractivity contribution is 0.0946. The van der Waals surface area contributed by atoms with Gasteiger partial charge in [-0.1, -0.05) is 60.1 Å². The summed E-state index contributed by atoms with van der Waals surface area (Å²) in [6.07, 6.45) is 2.55. The van der Waals surface area contributed by atoms with E-state index in [-0.39, 0.29) is 5.91 Å². The summed E-state index contributed by atoms with van der Waals surface area (Å²) in [5.41, 5.74) is 3.40. The molecule has 0 saturated carbocycles. The van der Waals surface area contributed by atoms with Gasteiger partial charge in [0.15, 0.2) is 0 Å². The van der Waals surface area contributed by atoms with Crippen molar-refractivity contribution in [2.75, 3.05) is 11.9 Å². The summed E-state index contributed by atoms with van der Waals surface area (Å²) < 4.78 is 0. The van der Waals surface area contributed by atoms with Crippen LogP contribution in [0.25, 0.3) is 0 Å². The molecule has 0 saturated heterocycles. The van der Waals surface area contributed by atoms with Gasteiger partial charge in [0.1, 0.15) is 5.69 Å². The SMILES string of the molecule is O=C(NCc1ccccc1Cl)c1cc(NCCc2ccccc2)ccn1. The van der Waals surface area contributed by atoms with Crippen molar-refractivity contribution in [3.8, 4) is 0 Å². The Morgan fingerprint density at radius 3 is 2.58 bits per heavy atom. The number of halogens is 1. The van der Waals surface area contributed by atoms with Crippen LogP contribution in [0.15, 0.2) is 72.9 Å². The largest absolute Gasteiger partial charge is 0.385 e. The van der Waals surface area contributed by atoms with Crippen LogP contribution in [0.1, 0.15) is 21.6 Å². The van der Waals surface area contributed by atoms with Crippen molar-refractivity contribution in [1.29, 1.82) is 0 Å². The number of rotatable bonds is 7. The molecule has 1 heterocycles. The molecule has 26 heavy (non-hydrogen) atoms. The number of benzene rings is 2. The highest BCUT2D eigenvalue weighted by Crippen LogP contribution is 2.15. The lowest BCUT2D eigenvalue weighted by atomic mass is 10.1. The van der Waals surface area contributed by atoms with Crippen LogP contribution < -0.4 is 10.6 Å². The van der Waals surface area contributed by atoms with Gasteiger partial charge in [-0.15, -0.1) is 0 Å². The van der Waals surface area contributed by atoms with E-state index in [9.17, 15) is 4.79 Å². The number of hydrogen-bond donors (Lipinski definition) is 2. The van der Waals surface area contributed by atoms with Crippen molar-refractivity contribution in [1.82, 2.24) is 10.3 Å². The number of aromatic nitrogens is 1. The Hall–Kier alpha value is -2.85. The topological polar surface area (TPSA) is 54.0 Å². The molecule has 0 radical (unpaired) electrons. The minimum absolute atomic E-state index is 0.225. The average Bonchev–Trinajstić information content (AvgIpc) is 2.68. The van der Waals surface area contributed by atoms with Crippen molar-refractivity contribution in [2.45, 2.75) is 13.0 Å². The number of amides is 1. The first-order chi connectivity index (χ1) is 12.7. The van der Waals surface area contributed by atoms with Gasteiger partial charge in [0.2, 0.25) is 0 Å². The van der Waals surface area contributed by atoms with E-state index in [1.807, 2.05) is 42.5 Å². The maximum absolute atomic E-state index is 12.3. The Labute approximate surface area is 158 Å². The molecule has 2 aromatic carbocycles. The molecule has 2 N–H and O–H groups in total. The summed E-state index contributed by atoms with van der Waals surface area (Å²) in [5.74, 6) is -0.225. The molecule has 1 amide bonds. The molecule has 132 valence electrons. The van der Waals surface area contributed by atoms with Gasteiger partial charge in [-0.2, -0.15) is 0 Å². The predicted molar refractivity (Wildman–Crippen MR) is 105 cm³/mol. The van der Waals surface area contributed by atoms with E-state index in [1.54, 1.807) is 18.3 Å². The standard InChI is InChI=1S/C21H20ClN3O/c22-19-9-5-4-8-17(19)15-25-21(26)20-14-18(11-13-24-20)23-12-10-16-6-2-1-3-7-16/h1-9,11,13-14H,10,12,15H2,(H,23,24)(H,25,26). The van der Waals surface area contributed by atoms with Gasteiger partial charge in [-0.05, 0) is 35.7 Å². The number of pyridine rings is 1. The smallest absolute Gasteiger partial charge is 0.270 e. The van der Waals surface area contributed by atoms with Gasteiger partial charge < -0.3 is 10.6 Å². The first-order valence-electron chi connectivity index (χ1n) is 8.48. The zero-order valence-electron chi connectivity index (χ0n) is 14.3. The predicted octanol–water partition coefficient (Wildman–Crippen LogP) is 4.32. The normalized spacial score (nSPS) is 10.3. The van der Waals surface area contributed by atoms with E-state index >= 15 is 0 Å². The number of carbonyl (C=O) groups excluding carboxylic acids is 1. The fourth-order valence-electron chi connectivity index (χ4n) is 2.57. The maximum atomic E-state index is 12.3. The van der Waals surface area contributed by atoms with Gasteiger partial charge in [0.25, 0.3) is 5.91 Å². The number of hydrogen-bond acceptors (Lipinski definition) is 3. The van der Waals surface area contributed by atoms with E-state index in [0.29, 0.717) is 17.3 Å². The second-order valence-corrected chi connectivity index (χ2v) is 6.27. The molecule has 0 fully saturated rings. The minimum atomic E-state index is -0.225. The van der Waals surface area contributed by atoms with Crippen molar-refractivity contribution < 1.29 is 4.79 Å². The lowest BCUT2D eigenvalue weighted by Crippen LogP contribution is -2.24. The first-order valence-corrected chi connectivity index (χ1v) is 8.85. The zero-order valence-corrected chi connectivity index (χ0v) is 15.0. The highest BCUT2D eigenvalue weighted by molar-refractivity contribution is 6.31. The van der Waals surface area contributed by atoms with Crippen LogP contribution in [0.3, 0.4) is 0 Å². The summed E-state index contributed by atoms with van der Waals surface area (Å²) in [5, 5.41) is 6.82. The third-order valence-electron chi connectivity index (χ3n) is 3.98. The quantitative estimate of drug-likeness (QED) is 0.655. The number of nitrogens with zero attached hydrogens (tertiary/aromatic N) is 1. The second kappa shape index (κ2) is 9.02. The molecule has 5 heteroatoms. The van der Waals surface area contributed by atoms with Gasteiger partial charge in [0.05, 0.1) is 0 Å². The van der Waals surface area contributed by atoms with Gasteiger partial charge in [0, 0.05) is 30.0 Å². The number of anilines is 1. The van der Waals surface area contributed by atoms with Crippen molar-refractivity contribution in [3.63, 3.8) is 0 Å². The molecule has 1 aromatic heterocycles. The van der Waals surface area contributed by atoms with Crippen LogP contribution in [0.2, 0.25) is 5.02 Å². The van der Waals surface area contributed by atoms with Crippen molar-refractivity contribution in [2.24, 2.45) is 0 Å². The van der Waals surface area contributed by atoms with Gasteiger partial charge in [-0.25, -0.2) is 0 Å². The van der Waals surface area contributed by atoms with Crippen LogP contribution in [-0.2, 0) is 13.0 Å². The fraction of sp³-hybridized carbons (Fsp3) is 0.143. The molecule has 0 spiro atoms. The average molecular weight is 366 g/mol. The second-order valence-electron chi connectivity index (χ2n) is 5.87. The molecular formula is C21H20ClN3O. The highest BCUT2D eigenvalue weighted by Gasteiger charge is 2.09. The molecule has 3 aromatic rings. The number of nitrogens with one attached hydrogen (secondary N) is 2. The molecule has 0 bridgehead atoms. The molecule has 0 atom stereocenters. The van der Waals surface area contributed by atoms with E-state index in [2.05, 4.69) is 27.8 Å². The fourth-order valence-corrected chi connectivity index (χ4v) is 2.77. The molecule has 0 unspecified atom stereocenters. The Kier molecular flexibility index (Phi) is 6.23. The van der Waals surface area contributed by atoms with Crippen LogP contribution in [0, 0.1) is 0 Å². The third kappa shape index (κ3) is 5.07. The van der Waals surface area contributed by atoms with E-state index in [4.69, 9.17) is 11.6 Å². The summed E-state index contributed by atoms with van der Waals surface area (Å²) in [6.45, 7) is 1.15. The van der Waals surface area contributed by atoms with E-state index < -0.39 is 0 Å². The van der Waals surface area contributed by atoms with E-state index in [0.717, 1.165) is 24.2 Å². The molecular weight excluding hydrogens is 346 g/mol. The Morgan fingerprint density at radius 1 is 1.00 bits per heavy atom. The maximum Gasteiger partial charge on any atom is 0.270 e. The zero-order chi connectivity index (χ0) is 18.2. The molecule has 0 aliphatic carbocycles. The van der Waals surface area contributed by atoms with Crippen LogP contribution in [-0.4, -0.2) is 17.4 Å². The van der Waals surface area contributed by atoms with Gasteiger partial charge >= 0.3 is 0 Å². The Morgan fingerprint density at radius 2 is 1.77 bits per heavy atom. The minimum Gasteiger partial charge on any atom is -0.385 e. The Bertz CT molecular complexity index is 868. The summed E-state index contributed by atoms with van der Waals surface area (Å²) in [7, 11) is 0. The first kappa shape index (κ1) is 18.0. The van der Waals surface area contributed by atoms with Gasteiger partial charge in [-0.3, -0.25) is 9.78 Å². The molecule has 0 aliphatic rings.